The average Bonchev–Trinajstić information content (AvgIpc) is 2.77. The molecule has 0 saturated carbocycles. The summed E-state index contributed by atoms with van der Waals surface area (Å²) in [5.41, 5.74) is 6.73. The monoisotopic (exact) mass is 392 g/mol. The maximum atomic E-state index is 3.20. The summed E-state index contributed by atoms with van der Waals surface area (Å²) in [6.45, 7) is 12.7. The van der Waals surface area contributed by atoms with Crippen molar-refractivity contribution in [1.29, 1.82) is 0 Å². The Balaban J connectivity index is 1.22. The van der Waals surface area contributed by atoms with Crippen molar-refractivity contribution >= 4 is 17.1 Å². The highest BCUT2D eigenvalue weighted by atomic mass is 15.3. The minimum Gasteiger partial charge on any atom is -0.388 e. The van der Waals surface area contributed by atoms with Crippen LogP contribution in [0.25, 0.3) is 0 Å². The number of rotatable bonds is 5. The Morgan fingerprint density at radius 2 is 1.38 bits per heavy atom. The molecule has 4 rings (SSSR count). The van der Waals surface area contributed by atoms with Crippen LogP contribution in [-0.4, -0.2) is 57.8 Å². The van der Waals surface area contributed by atoms with Crippen molar-refractivity contribution in [3.8, 4) is 0 Å². The fourth-order valence-corrected chi connectivity index (χ4v) is 4.69. The molecule has 2 fully saturated rings. The molecule has 156 valence electrons. The lowest BCUT2D eigenvalue weighted by Crippen LogP contribution is -2.49. The molecule has 0 spiro atoms. The molecule has 1 N–H and O–H groups in total. The van der Waals surface area contributed by atoms with Crippen LogP contribution in [0, 0.1) is 19.8 Å². The van der Waals surface area contributed by atoms with Crippen LogP contribution in [0.3, 0.4) is 0 Å². The topological polar surface area (TPSA) is 21.8 Å². The molecule has 2 heterocycles. The van der Waals surface area contributed by atoms with Gasteiger partial charge in [-0.25, -0.2) is 0 Å². The van der Waals surface area contributed by atoms with Crippen LogP contribution in [0.1, 0.15) is 24.0 Å². The summed E-state index contributed by atoms with van der Waals surface area (Å²) in [5.74, 6) is 0.847. The smallest absolute Gasteiger partial charge is 0.0369 e. The zero-order chi connectivity index (χ0) is 20.2. The van der Waals surface area contributed by atoms with Crippen molar-refractivity contribution in [2.75, 3.05) is 68.0 Å². The number of hydrogen-bond acceptors (Lipinski definition) is 4. The predicted octanol–water partition coefficient (Wildman–Crippen LogP) is 4.38. The van der Waals surface area contributed by atoms with E-state index in [1.807, 2.05) is 7.05 Å². The number of hydrogen-bond donors (Lipinski definition) is 1. The van der Waals surface area contributed by atoms with Gasteiger partial charge in [-0.1, -0.05) is 6.07 Å². The standard InChI is InChI=1S/C25H36N4/c1-20-4-7-25(18-21(20)2)28-12-10-22(11-13-28)19-27-14-16-29(17-15-27)24-8-5-23(26-3)6-9-24/h4-9,18,22,26H,10-17,19H2,1-3H3. The first kappa shape index (κ1) is 20.1. The third kappa shape index (κ3) is 4.87. The highest BCUT2D eigenvalue weighted by Gasteiger charge is 2.24. The van der Waals surface area contributed by atoms with Crippen molar-refractivity contribution < 1.29 is 0 Å². The molecule has 4 nitrogen and oxygen atoms in total. The summed E-state index contributed by atoms with van der Waals surface area (Å²) < 4.78 is 0. The first-order valence-corrected chi connectivity index (χ1v) is 11.2. The van der Waals surface area contributed by atoms with E-state index in [-0.39, 0.29) is 0 Å². The molecule has 0 amide bonds. The molecule has 0 radical (unpaired) electrons. The van der Waals surface area contributed by atoms with E-state index >= 15 is 0 Å². The molecule has 0 unspecified atom stereocenters. The van der Waals surface area contributed by atoms with E-state index in [2.05, 4.69) is 76.3 Å². The lowest BCUT2D eigenvalue weighted by atomic mass is 9.95. The van der Waals surface area contributed by atoms with Crippen LogP contribution < -0.4 is 15.1 Å². The van der Waals surface area contributed by atoms with Gasteiger partial charge in [-0.2, -0.15) is 0 Å². The van der Waals surface area contributed by atoms with Gasteiger partial charge in [-0.3, -0.25) is 4.90 Å². The van der Waals surface area contributed by atoms with Crippen molar-refractivity contribution in [2.24, 2.45) is 5.92 Å². The molecule has 4 heteroatoms. The lowest BCUT2D eigenvalue weighted by molar-refractivity contribution is 0.201. The zero-order valence-electron chi connectivity index (χ0n) is 18.3. The number of aryl methyl sites for hydroxylation is 2. The maximum Gasteiger partial charge on any atom is 0.0369 e. The number of nitrogens with zero attached hydrogens (tertiary/aromatic N) is 3. The first-order chi connectivity index (χ1) is 14.1. The van der Waals surface area contributed by atoms with E-state index in [0.29, 0.717) is 0 Å². The molecule has 2 aromatic carbocycles. The molecule has 2 aliphatic heterocycles. The Labute approximate surface area is 176 Å². The fourth-order valence-electron chi connectivity index (χ4n) is 4.69. The summed E-state index contributed by atoms with van der Waals surface area (Å²) in [5, 5.41) is 3.20. The molecule has 29 heavy (non-hydrogen) atoms. The number of nitrogens with one attached hydrogen (secondary N) is 1. The van der Waals surface area contributed by atoms with Gasteiger partial charge in [0.1, 0.15) is 0 Å². The van der Waals surface area contributed by atoms with Crippen molar-refractivity contribution in [2.45, 2.75) is 26.7 Å². The predicted molar refractivity (Wildman–Crippen MR) is 125 cm³/mol. The van der Waals surface area contributed by atoms with Gasteiger partial charge in [-0.05, 0) is 80.1 Å². The quantitative estimate of drug-likeness (QED) is 0.815. The Kier molecular flexibility index (Phi) is 6.29. The van der Waals surface area contributed by atoms with Gasteiger partial charge in [0.25, 0.3) is 0 Å². The van der Waals surface area contributed by atoms with Crippen LogP contribution in [0.2, 0.25) is 0 Å². The van der Waals surface area contributed by atoms with Crippen molar-refractivity contribution in [1.82, 2.24) is 4.90 Å². The van der Waals surface area contributed by atoms with Crippen molar-refractivity contribution in [3.05, 3.63) is 53.6 Å². The van der Waals surface area contributed by atoms with Crippen LogP contribution >= 0.6 is 0 Å². The summed E-state index contributed by atoms with van der Waals surface area (Å²) in [7, 11) is 1.97. The minimum atomic E-state index is 0.847. The molecule has 0 atom stereocenters. The van der Waals surface area contributed by atoms with Gasteiger partial charge in [0, 0.05) is 69.9 Å². The normalized spacial score (nSPS) is 18.9. The van der Waals surface area contributed by atoms with E-state index in [1.54, 1.807) is 0 Å². The second-order valence-corrected chi connectivity index (χ2v) is 8.78. The third-order valence-electron chi connectivity index (χ3n) is 6.88. The molecular formula is C25H36N4. The minimum absolute atomic E-state index is 0.847. The number of piperazine rings is 1. The first-order valence-electron chi connectivity index (χ1n) is 11.2. The summed E-state index contributed by atoms with van der Waals surface area (Å²) >= 11 is 0. The maximum absolute atomic E-state index is 3.20. The second kappa shape index (κ2) is 9.08. The summed E-state index contributed by atoms with van der Waals surface area (Å²) in [6.07, 6.45) is 2.64. The zero-order valence-corrected chi connectivity index (χ0v) is 18.3. The Morgan fingerprint density at radius 1 is 0.759 bits per heavy atom. The number of benzene rings is 2. The van der Waals surface area contributed by atoms with Crippen LogP contribution in [0.4, 0.5) is 17.1 Å². The molecule has 2 aromatic rings. The molecule has 0 aromatic heterocycles. The van der Waals surface area contributed by atoms with Gasteiger partial charge < -0.3 is 15.1 Å². The highest BCUT2D eigenvalue weighted by molar-refractivity contribution is 5.55. The molecule has 0 bridgehead atoms. The number of anilines is 3. The van der Waals surface area contributed by atoms with Gasteiger partial charge in [0.05, 0.1) is 0 Å². The van der Waals surface area contributed by atoms with Gasteiger partial charge in [0.2, 0.25) is 0 Å². The highest BCUT2D eigenvalue weighted by Crippen LogP contribution is 2.26. The lowest BCUT2D eigenvalue weighted by Gasteiger charge is -2.40. The molecule has 0 aliphatic carbocycles. The SMILES string of the molecule is CNc1ccc(N2CCN(CC3CCN(c4ccc(C)c(C)c4)CC3)CC2)cc1. The van der Waals surface area contributed by atoms with E-state index in [4.69, 9.17) is 0 Å². The van der Waals surface area contributed by atoms with E-state index in [9.17, 15) is 0 Å². The Bertz CT molecular complexity index is 785. The Morgan fingerprint density at radius 3 is 2.00 bits per heavy atom. The summed E-state index contributed by atoms with van der Waals surface area (Å²) in [4.78, 5) is 7.79. The van der Waals surface area contributed by atoms with Crippen LogP contribution in [0.15, 0.2) is 42.5 Å². The van der Waals surface area contributed by atoms with Crippen molar-refractivity contribution in [3.63, 3.8) is 0 Å². The average molecular weight is 393 g/mol. The van der Waals surface area contributed by atoms with Gasteiger partial charge in [0.15, 0.2) is 0 Å². The van der Waals surface area contributed by atoms with E-state index in [0.717, 1.165) is 19.0 Å². The summed E-state index contributed by atoms with van der Waals surface area (Å²) in [6, 6.07) is 15.7. The largest absolute Gasteiger partial charge is 0.388 e. The van der Waals surface area contributed by atoms with Gasteiger partial charge >= 0.3 is 0 Å². The van der Waals surface area contributed by atoms with E-state index in [1.165, 1.54) is 73.8 Å². The van der Waals surface area contributed by atoms with Crippen LogP contribution in [-0.2, 0) is 0 Å². The second-order valence-electron chi connectivity index (χ2n) is 8.78. The Hall–Kier alpha value is -2.20. The van der Waals surface area contributed by atoms with Crippen LogP contribution in [0.5, 0.6) is 0 Å². The number of piperidine rings is 1. The molecule has 2 aliphatic rings. The fraction of sp³-hybridized carbons (Fsp3) is 0.520. The molecule has 2 saturated heterocycles. The van der Waals surface area contributed by atoms with Gasteiger partial charge in [-0.15, -0.1) is 0 Å². The molecular weight excluding hydrogens is 356 g/mol. The third-order valence-corrected chi connectivity index (χ3v) is 6.88. The van der Waals surface area contributed by atoms with E-state index < -0.39 is 0 Å².